The second kappa shape index (κ2) is 5.13. The number of carbonyl (C=O) groups is 1. The summed E-state index contributed by atoms with van der Waals surface area (Å²) >= 11 is 0. The molecule has 0 aliphatic heterocycles. The van der Waals surface area contributed by atoms with Gasteiger partial charge in [-0.2, -0.15) is 0 Å². The first-order chi connectivity index (χ1) is 9.43. The van der Waals surface area contributed by atoms with Gasteiger partial charge in [0.2, 0.25) is 0 Å². The summed E-state index contributed by atoms with van der Waals surface area (Å²) in [7, 11) is 0. The average Bonchev–Trinajstić information content (AvgIpc) is 2.39. The average molecular weight is 274 g/mol. The number of aliphatic carboxylic acids is 1. The fraction of sp³-hybridized carbons (Fsp3) is 0.133. The number of phenolic OH excluding ortho intramolecular Hbond substituents is 3. The monoisotopic (exact) mass is 274 g/mol. The van der Waals surface area contributed by atoms with Crippen molar-refractivity contribution < 1.29 is 25.2 Å². The van der Waals surface area contributed by atoms with Gasteiger partial charge in [0.25, 0.3) is 0 Å². The van der Waals surface area contributed by atoms with Crippen molar-refractivity contribution in [3.63, 3.8) is 0 Å². The Balaban J connectivity index is 2.69. The number of benzene rings is 2. The summed E-state index contributed by atoms with van der Waals surface area (Å²) < 4.78 is 0. The molecule has 0 fully saturated rings. The second-order valence-corrected chi connectivity index (χ2v) is 4.44. The molecule has 5 nitrogen and oxygen atoms in total. The lowest BCUT2D eigenvalue weighted by Gasteiger charge is -2.12. The number of rotatable bonds is 3. The number of hydrogen-bond acceptors (Lipinski definition) is 4. The Bertz CT molecular complexity index is 716. The molecule has 0 bridgehead atoms. The van der Waals surface area contributed by atoms with Crippen LogP contribution in [0.25, 0.3) is 16.8 Å². The van der Waals surface area contributed by atoms with Crippen LogP contribution in [0.1, 0.15) is 17.5 Å². The molecule has 4 N–H and O–H groups in total. The van der Waals surface area contributed by atoms with Crippen molar-refractivity contribution >= 4 is 22.8 Å². The molecule has 2 aromatic rings. The van der Waals surface area contributed by atoms with Crippen LogP contribution < -0.4 is 0 Å². The van der Waals surface area contributed by atoms with Gasteiger partial charge in [-0.25, -0.2) is 0 Å². The van der Waals surface area contributed by atoms with E-state index in [9.17, 15) is 20.1 Å². The maximum atomic E-state index is 10.5. The van der Waals surface area contributed by atoms with Gasteiger partial charge >= 0.3 is 5.97 Å². The van der Waals surface area contributed by atoms with Gasteiger partial charge in [0.05, 0.1) is 11.8 Å². The highest BCUT2D eigenvalue weighted by Crippen LogP contribution is 2.43. The smallest absolute Gasteiger partial charge is 0.307 e. The molecular weight excluding hydrogens is 260 g/mol. The van der Waals surface area contributed by atoms with Gasteiger partial charge in [0.15, 0.2) is 0 Å². The van der Waals surface area contributed by atoms with E-state index in [2.05, 4.69) is 0 Å². The number of aromatic hydroxyl groups is 3. The lowest BCUT2D eigenvalue weighted by molar-refractivity contribution is -0.135. The molecule has 0 aliphatic rings. The summed E-state index contributed by atoms with van der Waals surface area (Å²) in [4.78, 5) is 10.5. The maximum absolute atomic E-state index is 10.5. The first kappa shape index (κ1) is 13.7. The third kappa shape index (κ3) is 2.25. The highest BCUT2D eigenvalue weighted by atomic mass is 16.4. The first-order valence-electron chi connectivity index (χ1n) is 5.98. The molecule has 0 atom stereocenters. The van der Waals surface area contributed by atoms with Gasteiger partial charge in [0.1, 0.15) is 17.2 Å². The third-order valence-corrected chi connectivity index (χ3v) is 3.13. The van der Waals surface area contributed by atoms with Crippen molar-refractivity contribution in [1.29, 1.82) is 0 Å². The highest BCUT2D eigenvalue weighted by Gasteiger charge is 2.16. The summed E-state index contributed by atoms with van der Waals surface area (Å²) in [6, 6.07) is 4.56. The van der Waals surface area contributed by atoms with E-state index >= 15 is 0 Å². The number of hydrogen-bond donors (Lipinski definition) is 4. The number of phenols is 3. The lowest BCUT2D eigenvalue weighted by atomic mass is 9.97. The SMILES string of the molecule is Cc1c(/C=C/CC(=O)O)c(O)c2c(O)cccc2c1O. The molecule has 0 amide bonds. The Morgan fingerprint density at radius 1 is 1.20 bits per heavy atom. The fourth-order valence-corrected chi connectivity index (χ4v) is 2.11. The molecule has 0 saturated carbocycles. The van der Waals surface area contributed by atoms with E-state index in [-0.39, 0.29) is 34.6 Å². The van der Waals surface area contributed by atoms with Crippen LogP contribution in [0.5, 0.6) is 17.2 Å². The van der Waals surface area contributed by atoms with Crippen molar-refractivity contribution in [2.45, 2.75) is 13.3 Å². The van der Waals surface area contributed by atoms with E-state index in [0.29, 0.717) is 10.9 Å². The molecule has 0 spiro atoms. The molecule has 5 heteroatoms. The van der Waals surface area contributed by atoms with E-state index in [1.54, 1.807) is 19.1 Å². The molecule has 2 rings (SSSR count). The summed E-state index contributed by atoms with van der Waals surface area (Å²) in [5, 5.41) is 39.3. The molecule has 0 radical (unpaired) electrons. The molecule has 0 aromatic heterocycles. The molecule has 0 unspecified atom stereocenters. The van der Waals surface area contributed by atoms with Crippen LogP contribution in [0.2, 0.25) is 0 Å². The lowest BCUT2D eigenvalue weighted by Crippen LogP contribution is -1.91. The van der Waals surface area contributed by atoms with Crippen molar-refractivity contribution in [1.82, 2.24) is 0 Å². The Kier molecular flexibility index (Phi) is 3.52. The predicted molar refractivity (Wildman–Crippen MR) is 75.0 cm³/mol. The minimum atomic E-state index is -0.994. The Hall–Kier alpha value is -2.69. The molecule has 0 saturated heterocycles. The summed E-state index contributed by atoms with van der Waals surface area (Å²) in [5.41, 5.74) is 0.708. The topological polar surface area (TPSA) is 98.0 Å². The molecule has 20 heavy (non-hydrogen) atoms. The maximum Gasteiger partial charge on any atom is 0.307 e. The van der Waals surface area contributed by atoms with Gasteiger partial charge < -0.3 is 20.4 Å². The van der Waals surface area contributed by atoms with Crippen molar-refractivity contribution in [3.05, 3.63) is 35.4 Å². The quantitative estimate of drug-likeness (QED) is 0.645. The molecule has 2 aromatic carbocycles. The van der Waals surface area contributed by atoms with Gasteiger partial charge in [0, 0.05) is 16.5 Å². The van der Waals surface area contributed by atoms with Gasteiger partial charge in [-0.1, -0.05) is 24.3 Å². The summed E-state index contributed by atoms with van der Waals surface area (Å²) in [5.74, 6) is -1.38. The van der Waals surface area contributed by atoms with Gasteiger partial charge in [-0.3, -0.25) is 4.79 Å². The van der Waals surface area contributed by atoms with E-state index in [1.807, 2.05) is 0 Å². The minimum absolute atomic E-state index is 0.0522. The summed E-state index contributed by atoms with van der Waals surface area (Å²) in [6.07, 6.45) is 2.60. The minimum Gasteiger partial charge on any atom is -0.507 e. The molecule has 0 aliphatic carbocycles. The third-order valence-electron chi connectivity index (χ3n) is 3.13. The van der Waals surface area contributed by atoms with Gasteiger partial charge in [-0.05, 0) is 13.0 Å². The van der Waals surface area contributed by atoms with Crippen molar-refractivity contribution in [3.8, 4) is 17.2 Å². The van der Waals surface area contributed by atoms with Crippen LogP contribution in [0.15, 0.2) is 24.3 Å². The van der Waals surface area contributed by atoms with Crippen LogP contribution >= 0.6 is 0 Å². The zero-order valence-electron chi connectivity index (χ0n) is 10.8. The van der Waals surface area contributed by atoms with Crippen LogP contribution in [0.3, 0.4) is 0 Å². The van der Waals surface area contributed by atoms with Gasteiger partial charge in [-0.15, -0.1) is 0 Å². The summed E-state index contributed by atoms with van der Waals surface area (Å²) in [6.45, 7) is 1.61. The Labute approximate surface area is 115 Å². The predicted octanol–water partition coefficient (Wildman–Crippen LogP) is 2.75. The zero-order chi connectivity index (χ0) is 14.9. The largest absolute Gasteiger partial charge is 0.507 e. The number of fused-ring (bicyclic) bond motifs is 1. The highest BCUT2D eigenvalue weighted by molar-refractivity contribution is 6.01. The molecule has 104 valence electrons. The number of carboxylic acid groups (broad SMARTS) is 1. The number of carboxylic acids is 1. The van der Waals surface area contributed by atoms with Crippen LogP contribution in [-0.2, 0) is 4.79 Å². The normalized spacial score (nSPS) is 11.2. The van der Waals surface area contributed by atoms with Crippen LogP contribution in [-0.4, -0.2) is 26.4 Å². The second-order valence-electron chi connectivity index (χ2n) is 4.44. The van der Waals surface area contributed by atoms with Crippen LogP contribution in [0, 0.1) is 6.92 Å². The Morgan fingerprint density at radius 2 is 1.90 bits per heavy atom. The van der Waals surface area contributed by atoms with Crippen molar-refractivity contribution in [2.24, 2.45) is 0 Å². The van der Waals surface area contributed by atoms with E-state index in [4.69, 9.17) is 5.11 Å². The molecule has 0 heterocycles. The first-order valence-corrected chi connectivity index (χ1v) is 5.98. The van der Waals surface area contributed by atoms with E-state index in [0.717, 1.165) is 0 Å². The molecular formula is C15H14O5. The van der Waals surface area contributed by atoms with E-state index in [1.165, 1.54) is 18.2 Å². The van der Waals surface area contributed by atoms with E-state index < -0.39 is 5.97 Å². The Morgan fingerprint density at radius 3 is 2.55 bits per heavy atom. The standard InChI is InChI=1S/C15H14O5/c1-8-9(4-3-7-12(17)18)15(20)13-10(14(8)19)5-2-6-11(13)16/h2-6,16,19-20H,7H2,1H3,(H,17,18)/b4-3+. The van der Waals surface area contributed by atoms with Crippen LogP contribution in [0.4, 0.5) is 0 Å². The fourth-order valence-electron chi connectivity index (χ4n) is 2.11. The van der Waals surface area contributed by atoms with Crippen molar-refractivity contribution in [2.75, 3.05) is 0 Å². The zero-order valence-corrected chi connectivity index (χ0v) is 10.8.